The summed E-state index contributed by atoms with van der Waals surface area (Å²) in [6, 6.07) is 2.49. The van der Waals surface area contributed by atoms with E-state index in [9.17, 15) is 18.3 Å². The Morgan fingerprint density at radius 3 is 2.56 bits per heavy atom. The molecular formula is C9H10O6S. The number of hydrogen-bond acceptors (Lipinski definition) is 5. The fourth-order valence-corrected chi connectivity index (χ4v) is 3.54. The van der Waals surface area contributed by atoms with E-state index in [1.54, 1.807) is 0 Å². The van der Waals surface area contributed by atoms with Crippen LogP contribution in [0, 0.1) is 0 Å². The normalized spacial score (nSPS) is 28.1. The second kappa shape index (κ2) is 3.33. The Hall–Kier alpha value is -1.34. The van der Waals surface area contributed by atoms with Crippen LogP contribution in [0.2, 0.25) is 0 Å². The summed E-state index contributed by atoms with van der Waals surface area (Å²) >= 11 is 0. The highest BCUT2D eigenvalue weighted by atomic mass is 32.2. The van der Waals surface area contributed by atoms with Gasteiger partial charge in [-0.2, -0.15) is 0 Å². The van der Waals surface area contributed by atoms with Gasteiger partial charge in [0.15, 0.2) is 9.84 Å². The molecule has 2 heterocycles. The molecule has 2 N–H and O–H groups in total. The van der Waals surface area contributed by atoms with Crippen molar-refractivity contribution in [1.82, 2.24) is 0 Å². The van der Waals surface area contributed by atoms with Crippen LogP contribution < -0.4 is 0 Å². The molecule has 1 aliphatic heterocycles. The predicted molar refractivity (Wildman–Crippen MR) is 52.8 cm³/mol. The lowest BCUT2D eigenvalue weighted by Gasteiger charge is -2.16. The number of carboxylic acid groups (broad SMARTS) is 1. The smallest absolute Gasteiger partial charge is 0.371 e. The van der Waals surface area contributed by atoms with Gasteiger partial charge >= 0.3 is 5.97 Å². The molecule has 2 rings (SSSR count). The summed E-state index contributed by atoms with van der Waals surface area (Å²) in [5.74, 6) is -2.12. The van der Waals surface area contributed by atoms with Crippen LogP contribution in [0.3, 0.4) is 0 Å². The molecule has 1 fully saturated rings. The fourth-order valence-electron chi connectivity index (χ4n) is 1.73. The van der Waals surface area contributed by atoms with E-state index in [1.165, 1.54) is 12.1 Å². The first-order valence-corrected chi connectivity index (χ1v) is 6.41. The summed E-state index contributed by atoms with van der Waals surface area (Å²) < 4.78 is 27.4. The SMILES string of the molecule is O=C(O)c1ccc(C2(O)CCS(=O)(=O)C2)o1. The molecule has 0 spiro atoms. The molecule has 88 valence electrons. The largest absolute Gasteiger partial charge is 0.475 e. The number of carboxylic acids is 1. The highest BCUT2D eigenvalue weighted by Crippen LogP contribution is 2.34. The third-order valence-corrected chi connectivity index (χ3v) is 4.30. The second-order valence-electron chi connectivity index (χ2n) is 3.84. The third kappa shape index (κ3) is 1.83. The number of aromatic carboxylic acids is 1. The van der Waals surface area contributed by atoms with Gasteiger partial charge in [-0.15, -0.1) is 0 Å². The molecule has 1 aromatic heterocycles. The van der Waals surface area contributed by atoms with E-state index in [1.807, 2.05) is 0 Å². The van der Waals surface area contributed by atoms with E-state index in [4.69, 9.17) is 9.52 Å². The summed E-state index contributed by atoms with van der Waals surface area (Å²) in [4.78, 5) is 10.6. The molecule has 1 aromatic rings. The number of hydrogen-bond donors (Lipinski definition) is 2. The van der Waals surface area contributed by atoms with E-state index in [-0.39, 0.29) is 23.7 Å². The first-order valence-electron chi connectivity index (χ1n) is 4.59. The van der Waals surface area contributed by atoms with E-state index in [0.717, 1.165) is 0 Å². The number of carbonyl (C=O) groups is 1. The van der Waals surface area contributed by atoms with Crippen LogP contribution in [-0.2, 0) is 15.4 Å². The van der Waals surface area contributed by atoms with Crippen LogP contribution in [0.1, 0.15) is 22.7 Å². The van der Waals surface area contributed by atoms with Crippen LogP contribution in [0.5, 0.6) is 0 Å². The fraction of sp³-hybridized carbons (Fsp3) is 0.444. The van der Waals surface area contributed by atoms with Gasteiger partial charge in [-0.25, -0.2) is 13.2 Å². The maximum absolute atomic E-state index is 11.2. The van der Waals surface area contributed by atoms with Gasteiger partial charge in [-0.05, 0) is 18.6 Å². The highest BCUT2D eigenvalue weighted by molar-refractivity contribution is 7.91. The molecule has 0 bridgehead atoms. The van der Waals surface area contributed by atoms with Crippen molar-refractivity contribution >= 4 is 15.8 Å². The minimum absolute atomic E-state index is 0.00836. The van der Waals surface area contributed by atoms with E-state index in [0.29, 0.717) is 0 Å². The predicted octanol–water partition coefficient (Wildman–Crippen LogP) is -0.0161. The summed E-state index contributed by atoms with van der Waals surface area (Å²) in [5, 5.41) is 18.7. The van der Waals surface area contributed by atoms with Crippen molar-refractivity contribution in [2.75, 3.05) is 11.5 Å². The first-order chi connectivity index (χ1) is 7.32. The number of furan rings is 1. The second-order valence-corrected chi connectivity index (χ2v) is 6.03. The van der Waals surface area contributed by atoms with Crippen LogP contribution in [0.25, 0.3) is 0 Å². The Kier molecular flexibility index (Phi) is 2.32. The van der Waals surface area contributed by atoms with Crippen molar-refractivity contribution in [2.45, 2.75) is 12.0 Å². The maximum atomic E-state index is 11.2. The molecule has 1 unspecified atom stereocenters. The zero-order valence-corrected chi connectivity index (χ0v) is 9.03. The highest BCUT2D eigenvalue weighted by Gasteiger charge is 2.44. The summed E-state index contributed by atoms with van der Waals surface area (Å²) in [6.45, 7) is 0. The van der Waals surface area contributed by atoms with Crippen LogP contribution in [0.4, 0.5) is 0 Å². The van der Waals surface area contributed by atoms with Crippen molar-refractivity contribution in [2.24, 2.45) is 0 Å². The lowest BCUT2D eigenvalue weighted by atomic mass is 10.0. The topological polar surface area (TPSA) is 105 Å². The maximum Gasteiger partial charge on any atom is 0.371 e. The average molecular weight is 246 g/mol. The van der Waals surface area contributed by atoms with Crippen LogP contribution in [-0.4, -0.2) is 36.1 Å². The minimum Gasteiger partial charge on any atom is -0.475 e. The van der Waals surface area contributed by atoms with Crippen molar-refractivity contribution in [3.05, 3.63) is 23.7 Å². The van der Waals surface area contributed by atoms with Gasteiger partial charge in [-0.3, -0.25) is 0 Å². The Morgan fingerprint density at radius 2 is 2.12 bits per heavy atom. The molecule has 1 aliphatic rings. The quantitative estimate of drug-likeness (QED) is 0.760. The van der Waals surface area contributed by atoms with Gasteiger partial charge in [-0.1, -0.05) is 0 Å². The molecule has 0 saturated carbocycles. The minimum atomic E-state index is -3.27. The molecule has 0 aliphatic carbocycles. The van der Waals surface area contributed by atoms with Gasteiger partial charge in [0, 0.05) is 0 Å². The van der Waals surface area contributed by atoms with Crippen molar-refractivity contribution in [3.8, 4) is 0 Å². The Balaban J connectivity index is 2.34. The standard InChI is InChI=1S/C9H10O6S/c10-8(11)6-1-2-7(15-6)9(12)3-4-16(13,14)5-9/h1-2,12H,3-5H2,(H,10,11). The van der Waals surface area contributed by atoms with E-state index in [2.05, 4.69) is 0 Å². The van der Waals surface area contributed by atoms with E-state index < -0.39 is 27.2 Å². The zero-order valence-electron chi connectivity index (χ0n) is 8.21. The van der Waals surface area contributed by atoms with Gasteiger partial charge in [0.2, 0.25) is 5.76 Å². The molecule has 0 amide bonds. The molecule has 1 atom stereocenters. The van der Waals surface area contributed by atoms with Crippen molar-refractivity contribution in [3.63, 3.8) is 0 Å². The van der Waals surface area contributed by atoms with Gasteiger partial charge in [0.25, 0.3) is 0 Å². The Labute approximate surface area is 91.4 Å². The number of aliphatic hydroxyl groups is 1. The lowest BCUT2D eigenvalue weighted by molar-refractivity contribution is 0.0383. The van der Waals surface area contributed by atoms with Gasteiger partial charge in [0.1, 0.15) is 11.4 Å². The van der Waals surface area contributed by atoms with Crippen LogP contribution >= 0.6 is 0 Å². The first kappa shape index (κ1) is 11.2. The van der Waals surface area contributed by atoms with Crippen molar-refractivity contribution in [1.29, 1.82) is 0 Å². The summed E-state index contributed by atoms with van der Waals surface area (Å²) in [6.07, 6.45) is 0.0297. The summed E-state index contributed by atoms with van der Waals surface area (Å²) in [7, 11) is -3.27. The summed E-state index contributed by atoms with van der Waals surface area (Å²) in [5.41, 5.74) is -1.59. The molecule has 0 aromatic carbocycles. The molecule has 1 saturated heterocycles. The Bertz CT molecular complexity index is 528. The van der Waals surface area contributed by atoms with E-state index >= 15 is 0 Å². The molecule has 6 nitrogen and oxygen atoms in total. The molecule has 16 heavy (non-hydrogen) atoms. The Morgan fingerprint density at radius 1 is 1.44 bits per heavy atom. The van der Waals surface area contributed by atoms with Gasteiger partial charge in [0.05, 0.1) is 11.5 Å². The average Bonchev–Trinajstić information content (AvgIpc) is 2.71. The lowest BCUT2D eigenvalue weighted by Crippen LogP contribution is -2.26. The van der Waals surface area contributed by atoms with Crippen LogP contribution in [0.15, 0.2) is 16.5 Å². The monoisotopic (exact) mass is 246 g/mol. The molecule has 7 heteroatoms. The van der Waals surface area contributed by atoms with Crippen molar-refractivity contribution < 1.29 is 27.8 Å². The third-order valence-electron chi connectivity index (χ3n) is 2.56. The number of rotatable bonds is 2. The number of sulfone groups is 1. The van der Waals surface area contributed by atoms with Gasteiger partial charge < -0.3 is 14.6 Å². The molecular weight excluding hydrogens is 236 g/mol. The zero-order chi connectivity index (χ0) is 12.0. The molecule has 0 radical (unpaired) electrons.